The summed E-state index contributed by atoms with van der Waals surface area (Å²) < 4.78 is 0. The summed E-state index contributed by atoms with van der Waals surface area (Å²) in [6.07, 6.45) is 0. The number of hydrogen-bond acceptors (Lipinski definition) is 2. The van der Waals surface area contributed by atoms with Crippen molar-refractivity contribution < 1.29 is 0 Å². The second kappa shape index (κ2) is 49.9. The summed E-state index contributed by atoms with van der Waals surface area (Å²) in [6, 6.07) is 0. The first kappa shape index (κ1) is 43.6. The van der Waals surface area contributed by atoms with Crippen LogP contribution in [-0.4, -0.2) is 42.6 Å². The zero-order valence-corrected chi connectivity index (χ0v) is 7.47. The average molecular weight is 230 g/mol. The molecule has 0 spiro atoms. The predicted molar refractivity (Wildman–Crippen MR) is 54.2 cm³/mol. The molecule has 0 aromatic heterocycles. The molecule has 0 unspecified atom stereocenters. The van der Waals surface area contributed by atoms with Crippen molar-refractivity contribution in [2.75, 3.05) is 13.1 Å². The predicted octanol–water partition coefficient (Wildman–Crippen LogP) is -0.0575. The van der Waals surface area contributed by atoms with Crippen molar-refractivity contribution in [2.24, 2.45) is 11.5 Å². The normalized spacial score (nSPS) is 3.33. The van der Waals surface area contributed by atoms with E-state index in [2.05, 4.69) is 0 Å². The number of rotatable bonds is 1. The van der Waals surface area contributed by atoms with Gasteiger partial charge in [-0.2, -0.15) is 0 Å². The van der Waals surface area contributed by atoms with Crippen LogP contribution in [0, 0.1) is 0 Å². The molecule has 0 heterocycles. The fourth-order valence-corrected chi connectivity index (χ4v) is 0. The van der Waals surface area contributed by atoms with Crippen LogP contribution in [0.15, 0.2) is 0 Å². The molecule has 0 saturated carbocycles. The van der Waals surface area contributed by atoms with Gasteiger partial charge in [-0.05, 0) is 0 Å². The van der Waals surface area contributed by atoms with Crippen LogP contribution in [0.4, 0.5) is 0 Å². The molecule has 0 aliphatic rings. The van der Waals surface area contributed by atoms with Crippen LogP contribution >= 0.6 is 49.6 Å². The third-order valence-corrected chi connectivity index (χ3v) is 0.167. The molecule has 0 fully saturated rings. The van der Waals surface area contributed by atoms with Crippen molar-refractivity contribution in [3.05, 3.63) is 0 Å². The summed E-state index contributed by atoms with van der Waals surface area (Å²) in [6.45, 7) is 1.19. The first-order valence-electron chi connectivity index (χ1n) is 1.32. The van der Waals surface area contributed by atoms with Crippen LogP contribution in [-0.2, 0) is 0 Å². The van der Waals surface area contributed by atoms with E-state index < -0.39 is 0 Å². The SMILES string of the molecule is Cl.Cl.Cl.Cl.NCCN.[NaH]. The first-order valence-corrected chi connectivity index (χ1v) is 1.32. The maximum absolute atomic E-state index is 4.90. The number of hydrogen-bond donors (Lipinski definition) is 2. The molecular weight excluding hydrogens is 217 g/mol. The third-order valence-electron chi connectivity index (χ3n) is 0.167. The number of halogens is 4. The van der Waals surface area contributed by atoms with Crippen LogP contribution < -0.4 is 11.5 Å². The van der Waals surface area contributed by atoms with Crippen molar-refractivity contribution in [3.8, 4) is 0 Å². The fraction of sp³-hybridized carbons (Fsp3) is 1.00. The van der Waals surface area contributed by atoms with Gasteiger partial charge < -0.3 is 11.5 Å². The molecule has 0 amide bonds. The molecule has 0 aromatic rings. The molecular formula is C2H13Cl4N2Na. The Bertz CT molecular complexity index is 18.5. The van der Waals surface area contributed by atoms with Gasteiger partial charge in [-0.1, -0.05) is 0 Å². The molecule has 0 saturated heterocycles. The zero-order chi connectivity index (χ0) is 3.41. The van der Waals surface area contributed by atoms with Crippen molar-refractivity contribution >= 4 is 79.2 Å². The van der Waals surface area contributed by atoms with Crippen LogP contribution in [0.25, 0.3) is 0 Å². The topological polar surface area (TPSA) is 52.0 Å². The minimum absolute atomic E-state index is 0. The summed E-state index contributed by atoms with van der Waals surface area (Å²) in [4.78, 5) is 0. The molecule has 0 bridgehead atoms. The van der Waals surface area contributed by atoms with Gasteiger partial charge >= 0.3 is 29.6 Å². The van der Waals surface area contributed by atoms with E-state index in [1.165, 1.54) is 0 Å². The van der Waals surface area contributed by atoms with E-state index in [4.69, 9.17) is 11.5 Å². The second-order valence-corrected chi connectivity index (χ2v) is 0.577. The van der Waals surface area contributed by atoms with Crippen LogP contribution in [0.5, 0.6) is 0 Å². The molecule has 9 heavy (non-hydrogen) atoms. The van der Waals surface area contributed by atoms with E-state index in [-0.39, 0.29) is 79.2 Å². The van der Waals surface area contributed by atoms with E-state index in [1.807, 2.05) is 0 Å². The molecule has 0 aliphatic heterocycles. The molecule has 0 radical (unpaired) electrons. The monoisotopic (exact) mass is 228 g/mol. The van der Waals surface area contributed by atoms with Gasteiger partial charge in [0.25, 0.3) is 0 Å². The van der Waals surface area contributed by atoms with E-state index in [1.54, 1.807) is 0 Å². The Hall–Kier alpha value is 2.08. The molecule has 0 atom stereocenters. The molecule has 0 aromatic carbocycles. The standard InChI is InChI=1S/C2H8N2.4ClH.Na.H/c3-1-2-4;;;;;;/h1-4H2;4*1H;;. The van der Waals surface area contributed by atoms with Gasteiger partial charge in [-0.15, -0.1) is 49.6 Å². The van der Waals surface area contributed by atoms with E-state index in [0.717, 1.165) is 0 Å². The van der Waals surface area contributed by atoms with Crippen LogP contribution in [0.2, 0.25) is 0 Å². The van der Waals surface area contributed by atoms with Crippen LogP contribution in [0.3, 0.4) is 0 Å². The quantitative estimate of drug-likeness (QED) is 0.620. The fourth-order valence-electron chi connectivity index (χ4n) is 0. The van der Waals surface area contributed by atoms with E-state index in [9.17, 15) is 0 Å². The van der Waals surface area contributed by atoms with Gasteiger partial charge in [0.2, 0.25) is 0 Å². The Morgan fingerprint density at radius 2 is 0.778 bits per heavy atom. The van der Waals surface area contributed by atoms with E-state index >= 15 is 0 Å². The zero-order valence-electron chi connectivity index (χ0n) is 4.20. The molecule has 0 rings (SSSR count). The third kappa shape index (κ3) is 69.4. The molecule has 7 heteroatoms. The van der Waals surface area contributed by atoms with Crippen molar-refractivity contribution in [2.45, 2.75) is 0 Å². The Morgan fingerprint density at radius 1 is 0.667 bits per heavy atom. The molecule has 2 nitrogen and oxygen atoms in total. The summed E-state index contributed by atoms with van der Waals surface area (Å²) in [5.41, 5.74) is 9.81. The van der Waals surface area contributed by atoms with Crippen LogP contribution in [0.1, 0.15) is 0 Å². The van der Waals surface area contributed by atoms with Gasteiger partial charge in [0.15, 0.2) is 0 Å². The maximum atomic E-state index is 4.90. The van der Waals surface area contributed by atoms with Gasteiger partial charge in [0, 0.05) is 13.1 Å². The van der Waals surface area contributed by atoms with Gasteiger partial charge in [-0.25, -0.2) is 0 Å². The molecule has 0 aliphatic carbocycles. The Kier molecular flexibility index (Phi) is 242. The second-order valence-electron chi connectivity index (χ2n) is 0.577. The summed E-state index contributed by atoms with van der Waals surface area (Å²) >= 11 is 0. The van der Waals surface area contributed by atoms with E-state index in [0.29, 0.717) is 13.1 Å². The summed E-state index contributed by atoms with van der Waals surface area (Å²) in [7, 11) is 0. The molecule has 60 valence electrons. The van der Waals surface area contributed by atoms with Gasteiger partial charge in [0.05, 0.1) is 0 Å². The van der Waals surface area contributed by atoms with Crippen molar-refractivity contribution in [1.82, 2.24) is 0 Å². The van der Waals surface area contributed by atoms with Crippen molar-refractivity contribution in [1.29, 1.82) is 0 Å². The number of nitrogens with two attached hydrogens (primary N) is 2. The summed E-state index contributed by atoms with van der Waals surface area (Å²) in [5.74, 6) is 0. The Labute approximate surface area is 103 Å². The Balaban J connectivity index is -0.00000000450. The Morgan fingerprint density at radius 3 is 0.778 bits per heavy atom. The van der Waals surface area contributed by atoms with Gasteiger partial charge in [-0.3, -0.25) is 0 Å². The minimum atomic E-state index is 0. The molecule has 4 N–H and O–H groups in total. The summed E-state index contributed by atoms with van der Waals surface area (Å²) in [5, 5.41) is 0. The van der Waals surface area contributed by atoms with Crippen molar-refractivity contribution in [3.63, 3.8) is 0 Å². The first-order chi connectivity index (χ1) is 1.91. The average Bonchev–Trinajstić information content (AvgIpc) is 1.37. The van der Waals surface area contributed by atoms with Gasteiger partial charge in [0.1, 0.15) is 0 Å².